The molecule has 0 atom stereocenters. The lowest BCUT2D eigenvalue weighted by Crippen LogP contribution is -2.00. The van der Waals surface area contributed by atoms with Crippen LogP contribution in [0.3, 0.4) is 0 Å². The second kappa shape index (κ2) is 13.0. The van der Waals surface area contributed by atoms with Crippen molar-refractivity contribution in [3.63, 3.8) is 0 Å². The van der Waals surface area contributed by atoms with Crippen molar-refractivity contribution >= 4 is 43.9 Å². The van der Waals surface area contributed by atoms with Crippen LogP contribution in [0.25, 0.3) is 111 Å². The molecule has 0 saturated carbocycles. The molecule has 11 rings (SSSR count). The lowest BCUT2D eigenvalue weighted by Gasteiger charge is -2.10. The number of furan rings is 2. The zero-order valence-corrected chi connectivity index (χ0v) is 30.1. The fourth-order valence-electron chi connectivity index (χ4n) is 7.86. The van der Waals surface area contributed by atoms with Gasteiger partial charge in [-0.1, -0.05) is 164 Å². The molecule has 0 radical (unpaired) electrons. The maximum atomic E-state index is 6.75. The molecule has 3 heterocycles. The van der Waals surface area contributed by atoms with E-state index in [4.69, 9.17) is 23.8 Å². The molecule has 0 amide bonds. The predicted octanol–water partition coefficient (Wildman–Crippen LogP) is 13.7. The molecule has 0 aliphatic rings. The lowest BCUT2D eigenvalue weighted by molar-refractivity contribution is 0.669. The van der Waals surface area contributed by atoms with Crippen molar-refractivity contribution in [2.75, 3.05) is 0 Å². The van der Waals surface area contributed by atoms with Gasteiger partial charge in [-0.2, -0.15) is 0 Å². The van der Waals surface area contributed by atoms with Crippen LogP contribution in [0.1, 0.15) is 0 Å². The summed E-state index contributed by atoms with van der Waals surface area (Å²) in [5, 5.41) is 4.18. The maximum absolute atomic E-state index is 6.75. The standard InChI is InChI=1S/C51H31N3O2/c1-4-14-32(15-5-1)37-30-42(33-16-6-2-7-17-33)48-43(31-37)46-41(23-13-25-45(46)56-48)51-53-49(35-18-8-3-9-19-35)52-50(54-51)36-28-26-34(27-29-36)38-21-12-22-40-39-20-10-11-24-44(39)55-47(38)40/h1-31H. The Hall–Kier alpha value is -7.63. The smallest absolute Gasteiger partial charge is 0.164 e. The summed E-state index contributed by atoms with van der Waals surface area (Å²) in [5.41, 5.74) is 12.5. The number of nitrogens with zero attached hydrogens (tertiary/aromatic N) is 3. The zero-order valence-electron chi connectivity index (χ0n) is 30.1. The number of fused-ring (bicyclic) bond motifs is 6. The van der Waals surface area contributed by atoms with E-state index in [9.17, 15) is 0 Å². The van der Waals surface area contributed by atoms with Crippen LogP contribution >= 0.6 is 0 Å². The van der Waals surface area contributed by atoms with E-state index in [1.807, 2.05) is 72.8 Å². The van der Waals surface area contributed by atoms with Gasteiger partial charge in [-0.3, -0.25) is 0 Å². The van der Waals surface area contributed by atoms with Gasteiger partial charge in [0.2, 0.25) is 0 Å². The Bertz CT molecular complexity index is 3220. The van der Waals surface area contributed by atoms with Crippen LogP contribution in [0.4, 0.5) is 0 Å². The van der Waals surface area contributed by atoms with Crippen molar-refractivity contribution in [2.45, 2.75) is 0 Å². The van der Waals surface area contributed by atoms with Crippen LogP contribution in [0.15, 0.2) is 197 Å². The van der Waals surface area contributed by atoms with Gasteiger partial charge in [-0.15, -0.1) is 0 Å². The van der Waals surface area contributed by atoms with Gasteiger partial charge in [0.05, 0.1) is 0 Å². The van der Waals surface area contributed by atoms with E-state index in [1.165, 1.54) is 0 Å². The van der Waals surface area contributed by atoms with Crippen molar-refractivity contribution in [1.29, 1.82) is 0 Å². The average molecular weight is 718 g/mol. The first kappa shape index (κ1) is 31.9. The Morgan fingerprint density at radius 1 is 0.286 bits per heavy atom. The average Bonchev–Trinajstić information content (AvgIpc) is 3.86. The Morgan fingerprint density at radius 2 is 0.786 bits per heavy atom. The van der Waals surface area contributed by atoms with Gasteiger partial charge in [0.15, 0.2) is 17.5 Å². The number of hydrogen-bond donors (Lipinski definition) is 0. The quantitative estimate of drug-likeness (QED) is 0.171. The van der Waals surface area contributed by atoms with Crippen molar-refractivity contribution in [1.82, 2.24) is 15.0 Å². The van der Waals surface area contributed by atoms with E-state index >= 15 is 0 Å². The number of hydrogen-bond acceptors (Lipinski definition) is 5. The summed E-state index contributed by atoms with van der Waals surface area (Å²) in [7, 11) is 0. The van der Waals surface area contributed by atoms with E-state index in [-0.39, 0.29) is 0 Å². The molecule has 262 valence electrons. The van der Waals surface area contributed by atoms with Crippen molar-refractivity contribution in [3.8, 4) is 67.5 Å². The first-order valence-corrected chi connectivity index (χ1v) is 18.7. The van der Waals surface area contributed by atoms with E-state index in [0.29, 0.717) is 17.5 Å². The van der Waals surface area contributed by atoms with Gasteiger partial charge >= 0.3 is 0 Å². The summed E-state index contributed by atoms with van der Waals surface area (Å²) in [5.74, 6) is 1.76. The highest BCUT2D eigenvalue weighted by atomic mass is 16.3. The van der Waals surface area contributed by atoms with E-state index < -0.39 is 0 Å². The molecule has 0 aliphatic carbocycles. The third kappa shape index (κ3) is 5.37. The summed E-state index contributed by atoms with van der Waals surface area (Å²) in [6.45, 7) is 0. The molecule has 11 aromatic rings. The molecule has 8 aromatic carbocycles. The molecule has 0 aliphatic heterocycles. The van der Waals surface area contributed by atoms with Crippen LogP contribution in [0.2, 0.25) is 0 Å². The third-order valence-electron chi connectivity index (χ3n) is 10.6. The summed E-state index contributed by atoms with van der Waals surface area (Å²) in [6, 6.07) is 64.4. The van der Waals surface area contributed by atoms with Gasteiger partial charge in [-0.25, -0.2) is 15.0 Å². The fourth-order valence-corrected chi connectivity index (χ4v) is 7.86. The minimum Gasteiger partial charge on any atom is -0.455 e. The van der Waals surface area contributed by atoms with Crippen LogP contribution in [-0.4, -0.2) is 15.0 Å². The number of para-hydroxylation sites is 2. The molecular weight excluding hydrogens is 687 g/mol. The summed E-state index contributed by atoms with van der Waals surface area (Å²) in [6.07, 6.45) is 0. The molecule has 0 spiro atoms. The second-order valence-corrected chi connectivity index (χ2v) is 13.9. The highest BCUT2D eigenvalue weighted by Gasteiger charge is 2.21. The Balaban J connectivity index is 1.10. The maximum Gasteiger partial charge on any atom is 0.164 e. The van der Waals surface area contributed by atoms with Crippen LogP contribution in [0.5, 0.6) is 0 Å². The highest BCUT2D eigenvalue weighted by molar-refractivity contribution is 6.16. The van der Waals surface area contributed by atoms with Gasteiger partial charge in [0, 0.05) is 49.4 Å². The molecule has 5 nitrogen and oxygen atoms in total. The molecule has 0 unspecified atom stereocenters. The Kier molecular flexibility index (Phi) is 7.42. The molecule has 3 aromatic heterocycles. The third-order valence-corrected chi connectivity index (χ3v) is 10.6. The molecular formula is C51H31N3O2. The van der Waals surface area contributed by atoms with Gasteiger partial charge in [0.25, 0.3) is 0 Å². The highest BCUT2D eigenvalue weighted by Crippen LogP contribution is 2.43. The first-order valence-electron chi connectivity index (χ1n) is 18.7. The largest absolute Gasteiger partial charge is 0.455 e. The molecule has 56 heavy (non-hydrogen) atoms. The topological polar surface area (TPSA) is 65.0 Å². The summed E-state index contributed by atoms with van der Waals surface area (Å²) < 4.78 is 13.1. The lowest BCUT2D eigenvalue weighted by atomic mass is 9.95. The van der Waals surface area contributed by atoms with Crippen molar-refractivity contribution < 1.29 is 8.83 Å². The fraction of sp³-hybridized carbons (Fsp3) is 0. The summed E-state index contributed by atoms with van der Waals surface area (Å²) in [4.78, 5) is 15.4. The molecule has 0 fully saturated rings. The molecule has 5 heteroatoms. The normalized spacial score (nSPS) is 11.6. The number of rotatable bonds is 6. The van der Waals surface area contributed by atoms with Gasteiger partial charge in [-0.05, 0) is 46.5 Å². The van der Waals surface area contributed by atoms with Crippen molar-refractivity contribution in [3.05, 3.63) is 188 Å². The number of benzene rings is 8. The van der Waals surface area contributed by atoms with Gasteiger partial charge < -0.3 is 8.83 Å². The molecule has 0 N–H and O–H groups in total. The monoisotopic (exact) mass is 717 g/mol. The SMILES string of the molecule is c1ccc(-c2cc(-c3ccccc3)c3oc4cccc(-c5nc(-c6ccccc6)nc(-c6ccc(-c7cccc8c7oc7ccccc78)cc6)n5)c4c3c2)cc1. The second-order valence-electron chi connectivity index (χ2n) is 13.9. The van der Waals surface area contributed by atoms with E-state index in [0.717, 1.165) is 93.9 Å². The minimum atomic E-state index is 0.574. The zero-order chi connectivity index (χ0) is 37.0. The molecule has 0 bridgehead atoms. The van der Waals surface area contributed by atoms with E-state index in [2.05, 4.69) is 115 Å². The molecule has 0 saturated heterocycles. The van der Waals surface area contributed by atoms with Crippen LogP contribution in [-0.2, 0) is 0 Å². The Labute approximate surface area is 322 Å². The van der Waals surface area contributed by atoms with Gasteiger partial charge in [0.1, 0.15) is 22.3 Å². The van der Waals surface area contributed by atoms with Crippen molar-refractivity contribution in [2.24, 2.45) is 0 Å². The number of aromatic nitrogens is 3. The summed E-state index contributed by atoms with van der Waals surface area (Å²) >= 11 is 0. The van der Waals surface area contributed by atoms with Crippen LogP contribution < -0.4 is 0 Å². The predicted molar refractivity (Wildman–Crippen MR) is 227 cm³/mol. The van der Waals surface area contributed by atoms with Crippen LogP contribution in [0, 0.1) is 0 Å². The minimum absolute atomic E-state index is 0.574. The Morgan fingerprint density at radius 3 is 1.54 bits per heavy atom. The van der Waals surface area contributed by atoms with E-state index in [1.54, 1.807) is 0 Å². The first-order chi connectivity index (χ1) is 27.7.